The van der Waals surface area contributed by atoms with E-state index in [0.29, 0.717) is 5.25 Å². The summed E-state index contributed by atoms with van der Waals surface area (Å²) in [6.07, 6.45) is 2.60. The number of nitrogens with zero attached hydrogens (tertiary/aromatic N) is 4. The number of thioether (sulfide) groups is 1. The van der Waals surface area contributed by atoms with Crippen LogP contribution in [0.1, 0.15) is 12.7 Å². The van der Waals surface area contributed by atoms with Crippen LogP contribution in [-0.2, 0) is 13.5 Å². The number of hydrogen-bond donors (Lipinski definition) is 1. The van der Waals surface area contributed by atoms with Crippen LogP contribution in [0.3, 0.4) is 0 Å². The molecule has 0 aliphatic carbocycles. The normalized spacial score (nSPS) is 20.4. The lowest BCUT2D eigenvalue weighted by Crippen LogP contribution is -2.23. The lowest BCUT2D eigenvalue weighted by atomic mass is 10.4. The minimum atomic E-state index is 0.613. The van der Waals surface area contributed by atoms with Crippen LogP contribution in [0.2, 0.25) is 0 Å². The number of aryl methyl sites for hydroxylation is 1. The third-order valence-corrected chi connectivity index (χ3v) is 3.28. The minimum Gasteiger partial charge on any atom is -0.364 e. The minimum absolute atomic E-state index is 0.613. The number of nitrogens with one attached hydrogen (secondary N) is 1. The van der Waals surface area contributed by atoms with Gasteiger partial charge in [-0.25, -0.2) is 0 Å². The van der Waals surface area contributed by atoms with Gasteiger partial charge in [0, 0.05) is 25.3 Å². The second kappa shape index (κ2) is 4.65. The van der Waals surface area contributed by atoms with Crippen molar-refractivity contribution in [3.05, 3.63) is 12.2 Å². The summed E-state index contributed by atoms with van der Waals surface area (Å²) >= 11 is 1.80. The average molecular weight is 225 g/mol. The second-order valence-electron chi connectivity index (χ2n) is 3.61. The molecule has 15 heavy (non-hydrogen) atoms. The zero-order valence-corrected chi connectivity index (χ0v) is 9.79. The largest absolute Gasteiger partial charge is 0.364 e. The third-order valence-electron chi connectivity index (χ3n) is 2.23. The molecular formula is C9H15N5S. The van der Waals surface area contributed by atoms with Gasteiger partial charge in [0.05, 0.1) is 6.54 Å². The van der Waals surface area contributed by atoms with Crippen LogP contribution < -0.4 is 5.32 Å². The van der Waals surface area contributed by atoms with Crippen molar-refractivity contribution in [2.75, 3.05) is 13.1 Å². The quantitative estimate of drug-likeness (QED) is 0.811. The van der Waals surface area contributed by atoms with Gasteiger partial charge in [0.1, 0.15) is 12.2 Å². The van der Waals surface area contributed by atoms with Crippen molar-refractivity contribution in [1.29, 1.82) is 0 Å². The molecule has 0 bridgehead atoms. The number of aromatic nitrogens is 3. The Morgan fingerprint density at radius 3 is 3.13 bits per heavy atom. The molecule has 0 radical (unpaired) electrons. The molecule has 1 atom stereocenters. The van der Waals surface area contributed by atoms with Crippen molar-refractivity contribution in [1.82, 2.24) is 20.1 Å². The first kappa shape index (κ1) is 10.5. The SMILES string of the molecule is CC1CN=C(NCCc2nncn2C)S1. The molecule has 5 nitrogen and oxygen atoms in total. The van der Waals surface area contributed by atoms with E-state index in [-0.39, 0.29) is 0 Å². The van der Waals surface area contributed by atoms with E-state index in [1.807, 2.05) is 11.6 Å². The van der Waals surface area contributed by atoms with Gasteiger partial charge in [-0.1, -0.05) is 18.7 Å². The summed E-state index contributed by atoms with van der Waals surface area (Å²) in [5, 5.41) is 12.8. The molecule has 1 N–H and O–H groups in total. The molecule has 2 rings (SSSR count). The molecule has 82 valence electrons. The van der Waals surface area contributed by atoms with Gasteiger partial charge in [0.2, 0.25) is 0 Å². The van der Waals surface area contributed by atoms with E-state index in [1.54, 1.807) is 18.1 Å². The Morgan fingerprint density at radius 1 is 1.67 bits per heavy atom. The van der Waals surface area contributed by atoms with Crippen LogP contribution in [-0.4, -0.2) is 38.3 Å². The Morgan fingerprint density at radius 2 is 2.53 bits per heavy atom. The Bertz CT molecular complexity index is 359. The van der Waals surface area contributed by atoms with E-state index in [9.17, 15) is 0 Å². The molecule has 0 amide bonds. The van der Waals surface area contributed by atoms with E-state index < -0.39 is 0 Å². The van der Waals surface area contributed by atoms with Gasteiger partial charge in [0.15, 0.2) is 5.17 Å². The molecule has 1 aromatic rings. The van der Waals surface area contributed by atoms with Crippen LogP contribution in [0.15, 0.2) is 11.3 Å². The monoisotopic (exact) mass is 225 g/mol. The summed E-state index contributed by atoms with van der Waals surface area (Å²) in [7, 11) is 1.96. The van der Waals surface area contributed by atoms with Crippen LogP contribution in [0.25, 0.3) is 0 Å². The lowest BCUT2D eigenvalue weighted by Gasteiger charge is -2.05. The molecule has 1 unspecified atom stereocenters. The predicted molar refractivity (Wildman–Crippen MR) is 62.1 cm³/mol. The first-order valence-corrected chi connectivity index (χ1v) is 5.91. The van der Waals surface area contributed by atoms with Crippen molar-refractivity contribution in [2.45, 2.75) is 18.6 Å². The highest BCUT2D eigenvalue weighted by Gasteiger charge is 2.14. The third kappa shape index (κ3) is 2.71. The smallest absolute Gasteiger partial charge is 0.156 e. The summed E-state index contributed by atoms with van der Waals surface area (Å²) < 4.78 is 1.94. The van der Waals surface area contributed by atoms with Crippen LogP contribution in [0.5, 0.6) is 0 Å². The van der Waals surface area contributed by atoms with Gasteiger partial charge in [-0.3, -0.25) is 4.99 Å². The molecule has 0 spiro atoms. The zero-order valence-electron chi connectivity index (χ0n) is 8.97. The van der Waals surface area contributed by atoms with E-state index in [1.165, 1.54) is 0 Å². The number of rotatable bonds is 3. The van der Waals surface area contributed by atoms with E-state index in [2.05, 4.69) is 27.4 Å². The number of aliphatic imine (C=N–C) groups is 1. The number of hydrogen-bond acceptors (Lipinski definition) is 5. The number of amidine groups is 1. The first-order chi connectivity index (χ1) is 7.25. The Kier molecular flexibility index (Phi) is 3.25. The summed E-state index contributed by atoms with van der Waals surface area (Å²) in [4.78, 5) is 4.38. The van der Waals surface area contributed by atoms with Crippen LogP contribution >= 0.6 is 11.8 Å². The van der Waals surface area contributed by atoms with Crippen molar-refractivity contribution in [3.8, 4) is 0 Å². The van der Waals surface area contributed by atoms with Crippen molar-refractivity contribution >= 4 is 16.9 Å². The summed E-state index contributed by atoms with van der Waals surface area (Å²) in [6.45, 7) is 3.98. The van der Waals surface area contributed by atoms with E-state index >= 15 is 0 Å². The molecule has 2 heterocycles. The Balaban J connectivity index is 1.74. The second-order valence-corrected chi connectivity index (χ2v) is 5.04. The highest BCUT2D eigenvalue weighted by Crippen LogP contribution is 2.18. The molecule has 1 aliphatic heterocycles. The summed E-state index contributed by atoms with van der Waals surface area (Å²) in [5.41, 5.74) is 0. The zero-order chi connectivity index (χ0) is 10.7. The molecule has 1 aromatic heterocycles. The molecule has 0 saturated heterocycles. The van der Waals surface area contributed by atoms with E-state index in [4.69, 9.17) is 0 Å². The first-order valence-electron chi connectivity index (χ1n) is 5.03. The van der Waals surface area contributed by atoms with Crippen LogP contribution in [0, 0.1) is 0 Å². The fourth-order valence-corrected chi connectivity index (χ4v) is 2.25. The van der Waals surface area contributed by atoms with Crippen LogP contribution in [0.4, 0.5) is 0 Å². The van der Waals surface area contributed by atoms with Crippen molar-refractivity contribution in [3.63, 3.8) is 0 Å². The Labute approximate surface area is 93.4 Å². The van der Waals surface area contributed by atoms with Crippen molar-refractivity contribution in [2.24, 2.45) is 12.0 Å². The van der Waals surface area contributed by atoms with E-state index in [0.717, 1.165) is 30.5 Å². The summed E-state index contributed by atoms with van der Waals surface area (Å²) in [5.74, 6) is 0.999. The summed E-state index contributed by atoms with van der Waals surface area (Å²) in [6, 6.07) is 0. The van der Waals surface area contributed by atoms with Gasteiger partial charge < -0.3 is 9.88 Å². The molecule has 1 aliphatic rings. The maximum Gasteiger partial charge on any atom is 0.156 e. The molecular weight excluding hydrogens is 210 g/mol. The maximum absolute atomic E-state index is 4.38. The maximum atomic E-state index is 4.38. The molecule has 0 aromatic carbocycles. The van der Waals surface area contributed by atoms with Gasteiger partial charge in [0.25, 0.3) is 0 Å². The van der Waals surface area contributed by atoms with Gasteiger partial charge in [-0.2, -0.15) is 0 Å². The van der Waals surface area contributed by atoms with Gasteiger partial charge >= 0.3 is 0 Å². The highest BCUT2D eigenvalue weighted by molar-refractivity contribution is 8.14. The predicted octanol–water partition coefficient (Wildman–Crippen LogP) is 0.438. The molecule has 0 saturated carbocycles. The van der Waals surface area contributed by atoms with Gasteiger partial charge in [-0.05, 0) is 0 Å². The highest BCUT2D eigenvalue weighted by atomic mass is 32.2. The fraction of sp³-hybridized carbons (Fsp3) is 0.667. The molecule has 0 fully saturated rings. The topological polar surface area (TPSA) is 55.1 Å². The fourth-order valence-electron chi connectivity index (χ4n) is 1.39. The standard InChI is InChI=1S/C9H15N5S/c1-7-5-11-9(15-7)10-4-3-8-13-12-6-14(8)2/h6-7H,3-5H2,1-2H3,(H,10,11). The Hall–Kier alpha value is -1.04. The van der Waals surface area contributed by atoms with Gasteiger partial charge in [-0.15, -0.1) is 10.2 Å². The van der Waals surface area contributed by atoms with Crippen molar-refractivity contribution < 1.29 is 0 Å². The molecule has 6 heteroatoms. The average Bonchev–Trinajstić information content (AvgIpc) is 2.77. The lowest BCUT2D eigenvalue weighted by molar-refractivity contribution is 0.750.